The highest BCUT2D eigenvalue weighted by molar-refractivity contribution is 6.69. The Morgan fingerprint density at radius 1 is 0.838 bits per heavy atom. The van der Waals surface area contributed by atoms with Crippen molar-refractivity contribution in [2.45, 2.75) is 6.10 Å². The van der Waals surface area contributed by atoms with Gasteiger partial charge < -0.3 is 24.4 Å². The van der Waals surface area contributed by atoms with Crippen molar-refractivity contribution in [3.05, 3.63) is 83.4 Å². The number of phenolic OH excluding ortho intramolecular Hbond substituents is 2. The third-order valence-electron chi connectivity index (χ3n) is 5.49. The van der Waals surface area contributed by atoms with Crippen LogP contribution in [0, 0.1) is 5.41 Å². The first-order valence-electron chi connectivity index (χ1n) is 10.9. The molecule has 0 bridgehead atoms. The van der Waals surface area contributed by atoms with Crippen LogP contribution in [0.5, 0.6) is 23.0 Å². The largest absolute Gasteiger partial charge is 0.507 e. The number of nitrogens with one attached hydrogen (secondary N) is 3. The van der Waals surface area contributed by atoms with Crippen LogP contribution in [0.3, 0.4) is 0 Å². The number of phenols is 2. The molecule has 0 aromatic heterocycles. The van der Waals surface area contributed by atoms with E-state index in [-0.39, 0.29) is 40.8 Å². The van der Waals surface area contributed by atoms with E-state index in [2.05, 4.69) is 21.1 Å². The molecule has 12 nitrogen and oxygen atoms in total. The molecular formula is C25H19N5O7. The zero-order valence-corrected chi connectivity index (χ0v) is 19.0. The molecule has 0 aliphatic carbocycles. The van der Waals surface area contributed by atoms with Gasteiger partial charge in [0.15, 0.2) is 23.3 Å². The fourth-order valence-electron chi connectivity index (χ4n) is 3.66. The van der Waals surface area contributed by atoms with Crippen LogP contribution in [0.4, 0.5) is 0 Å². The third kappa shape index (κ3) is 4.62. The molecule has 2 amide bonds. The fourth-order valence-corrected chi connectivity index (χ4v) is 3.66. The Hall–Kier alpha value is -5.39. The monoisotopic (exact) mass is 501 g/mol. The first kappa shape index (κ1) is 23.4. The van der Waals surface area contributed by atoms with Crippen molar-refractivity contribution in [1.82, 2.24) is 10.9 Å². The first-order valence-corrected chi connectivity index (χ1v) is 10.9. The highest BCUT2D eigenvalue weighted by atomic mass is 16.7. The van der Waals surface area contributed by atoms with Crippen molar-refractivity contribution in [3.63, 3.8) is 0 Å². The van der Waals surface area contributed by atoms with Crippen molar-refractivity contribution < 1.29 is 34.0 Å². The number of amides is 2. The minimum atomic E-state index is -0.993. The number of rotatable bonds is 5. The van der Waals surface area contributed by atoms with Crippen molar-refractivity contribution in [1.29, 1.82) is 5.41 Å². The molecule has 3 aromatic rings. The molecule has 0 saturated carbocycles. The number of benzene rings is 3. The molecule has 0 spiro atoms. The Labute approximate surface area is 209 Å². The summed E-state index contributed by atoms with van der Waals surface area (Å²) in [5.41, 5.74) is 4.91. The van der Waals surface area contributed by atoms with Crippen LogP contribution in [0.1, 0.15) is 32.4 Å². The molecule has 0 radical (unpaired) electrons. The highest BCUT2D eigenvalue weighted by Gasteiger charge is 2.38. The molecule has 1 fully saturated rings. The lowest BCUT2D eigenvalue weighted by molar-refractivity contribution is 0.0943. The van der Waals surface area contributed by atoms with Gasteiger partial charge in [-0.25, -0.2) is 10.9 Å². The SMILES string of the molecule is N=C1OC(c2ccc3c(c2)OCO3)C(=N\NC(=O)c2ccccc2O)/C1=N/NC(=O)c1ccccc1O. The molecule has 2 heterocycles. The summed E-state index contributed by atoms with van der Waals surface area (Å²) in [6, 6.07) is 16.8. The van der Waals surface area contributed by atoms with E-state index in [0.29, 0.717) is 17.1 Å². The summed E-state index contributed by atoms with van der Waals surface area (Å²) >= 11 is 0. The lowest BCUT2D eigenvalue weighted by Crippen LogP contribution is -2.28. The van der Waals surface area contributed by atoms with E-state index in [9.17, 15) is 19.8 Å². The normalized spacial score (nSPS) is 18.1. The molecule has 5 rings (SSSR count). The quantitative estimate of drug-likeness (QED) is 0.334. The van der Waals surface area contributed by atoms with Crippen LogP contribution in [0.2, 0.25) is 0 Å². The Bertz CT molecular complexity index is 1480. The summed E-state index contributed by atoms with van der Waals surface area (Å²) in [4.78, 5) is 25.2. The Morgan fingerprint density at radius 2 is 1.43 bits per heavy atom. The van der Waals surface area contributed by atoms with Crippen LogP contribution in [-0.4, -0.2) is 46.1 Å². The molecule has 3 aromatic carbocycles. The van der Waals surface area contributed by atoms with Crippen LogP contribution < -0.4 is 20.3 Å². The number of carbonyl (C=O) groups is 2. The molecule has 1 unspecified atom stereocenters. The number of hydrazone groups is 2. The van der Waals surface area contributed by atoms with Gasteiger partial charge in [0.05, 0.1) is 11.1 Å². The zero-order valence-electron chi connectivity index (χ0n) is 19.0. The van der Waals surface area contributed by atoms with E-state index < -0.39 is 23.8 Å². The van der Waals surface area contributed by atoms with Gasteiger partial charge in [-0.1, -0.05) is 30.3 Å². The number of carbonyl (C=O) groups excluding carboxylic acids is 2. The van der Waals surface area contributed by atoms with Gasteiger partial charge in [-0.15, -0.1) is 0 Å². The molecule has 2 aliphatic rings. The topological polar surface area (TPSA) is 175 Å². The number of aromatic hydroxyl groups is 2. The zero-order chi connectivity index (χ0) is 25.9. The molecule has 37 heavy (non-hydrogen) atoms. The Balaban J connectivity index is 1.48. The number of hydrogen-bond donors (Lipinski definition) is 5. The number of ether oxygens (including phenoxy) is 3. The summed E-state index contributed by atoms with van der Waals surface area (Å²) in [5, 5.41) is 36.3. The minimum Gasteiger partial charge on any atom is -0.507 e. The Morgan fingerprint density at radius 3 is 2.08 bits per heavy atom. The molecule has 5 N–H and O–H groups in total. The third-order valence-corrected chi connectivity index (χ3v) is 5.49. The van der Waals surface area contributed by atoms with E-state index in [0.717, 1.165) is 0 Å². The maximum absolute atomic E-state index is 12.6. The number of nitrogens with zero attached hydrogens (tertiary/aromatic N) is 2. The van der Waals surface area contributed by atoms with E-state index in [1.54, 1.807) is 42.5 Å². The fraction of sp³-hybridized carbons (Fsp3) is 0.0800. The lowest BCUT2D eigenvalue weighted by atomic mass is 10.0. The molecular weight excluding hydrogens is 482 g/mol. The molecule has 12 heteroatoms. The first-order chi connectivity index (χ1) is 17.9. The number of fused-ring (bicyclic) bond motifs is 1. The molecule has 186 valence electrons. The summed E-state index contributed by atoms with van der Waals surface area (Å²) in [6.07, 6.45) is -0.993. The smallest absolute Gasteiger partial charge is 0.275 e. The minimum absolute atomic E-state index is 0.00483. The van der Waals surface area contributed by atoms with E-state index in [1.807, 2.05) is 0 Å². The average Bonchev–Trinajstić information content (AvgIpc) is 3.49. The van der Waals surface area contributed by atoms with Crippen molar-refractivity contribution in [2.75, 3.05) is 6.79 Å². The number of para-hydroxylation sites is 2. The van der Waals surface area contributed by atoms with Crippen LogP contribution in [0.15, 0.2) is 76.9 Å². The van der Waals surface area contributed by atoms with E-state index in [1.165, 1.54) is 24.3 Å². The van der Waals surface area contributed by atoms with Gasteiger partial charge in [0.2, 0.25) is 12.7 Å². The average molecular weight is 501 g/mol. The highest BCUT2D eigenvalue weighted by Crippen LogP contribution is 2.37. The van der Waals surface area contributed by atoms with Gasteiger partial charge >= 0.3 is 0 Å². The van der Waals surface area contributed by atoms with Crippen LogP contribution in [0.25, 0.3) is 0 Å². The second-order valence-corrected chi connectivity index (χ2v) is 7.81. The van der Waals surface area contributed by atoms with Crippen molar-refractivity contribution in [2.24, 2.45) is 10.2 Å². The standard InChI is InChI=1S/C25H19N5O7/c26-23-21(28-30-25(34)15-6-2-4-8-17(15)32)20(27-29-24(33)14-5-1-3-7-16(14)31)22(37-23)13-9-10-18-19(11-13)36-12-35-18/h1-11,22,26,31-32H,12H2,(H,29,33)(H,30,34)/b26-23?,27-20-,28-21-. The predicted molar refractivity (Wildman–Crippen MR) is 130 cm³/mol. The van der Waals surface area contributed by atoms with Crippen LogP contribution in [-0.2, 0) is 4.74 Å². The second kappa shape index (κ2) is 9.70. The summed E-state index contributed by atoms with van der Waals surface area (Å²) in [5.74, 6) is -1.37. The maximum atomic E-state index is 12.6. The summed E-state index contributed by atoms with van der Waals surface area (Å²) < 4.78 is 16.4. The van der Waals surface area contributed by atoms with Gasteiger partial charge in [-0.05, 0) is 36.4 Å². The number of hydrogen-bond acceptors (Lipinski definition) is 10. The van der Waals surface area contributed by atoms with E-state index in [4.69, 9.17) is 19.6 Å². The Kier molecular flexibility index (Phi) is 6.12. The predicted octanol–water partition coefficient (Wildman–Crippen LogP) is 2.45. The van der Waals surface area contributed by atoms with Crippen LogP contribution >= 0.6 is 0 Å². The van der Waals surface area contributed by atoms with Gasteiger partial charge in [0, 0.05) is 5.56 Å². The molecule has 1 atom stereocenters. The summed E-state index contributed by atoms with van der Waals surface area (Å²) in [6.45, 7) is 0.0583. The van der Waals surface area contributed by atoms with Crippen molar-refractivity contribution >= 4 is 29.1 Å². The van der Waals surface area contributed by atoms with Gasteiger partial charge in [-0.3, -0.25) is 15.0 Å². The summed E-state index contributed by atoms with van der Waals surface area (Å²) in [7, 11) is 0. The van der Waals surface area contributed by atoms with E-state index >= 15 is 0 Å². The molecule has 2 aliphatic heterocycles. The molecule has 1 saturated heterocycles. The second-order valence-electron chi connectivity index (χ2n) is 7.81. The van der Waals surface area contributed by atoms with Gasteiger partial charge in [-0.2, -0.15) is 10.2 Å². The van der Waals surface area contributed by atoms with Gasteiger partial charge in [0.25, 0.3) is 11.8 Å². The van der Waals surface area contributed by atoms with Gasteiger partial charge in [0.1, 0.15) is 17.2 Å². The maximum Gasteiger partial charge on any atom is 0.275 e. The van der Waals surface area contributed by atoms with Crippen molar-refractivity contribution in [3.8, 4) is 23.0 Å². The lowest BCUT2D eigenvalue weighted by Gasteiger charge is -2.11.